The van der Waals surface area contributed by atoms with Crippen LogP contribution in [-0.2, 0) is 9.53 Å². The number of hydrogen-bond donors (Lipinski definition) is 1. The standard InChI is InChI=1S/C9H15FO3S/c1-2-13-8(11)7(10)9(12)4-3-5-14-6-9/h7,12H,2-6H2,1H3. The van der Waals surface area contributed by atoms with Gasteiger partial charge >= 0.3 is 5.97 Å². The molecule has 0 spiro atoms. The second-order valence-electron chi connectivity index (χ2n) is 3.37. The first-order chi connectivity index (χ1) is 6.60. The summed E-state index contributed by atoms with van der Waals surface area (Å²) >= 11 is 1.47. The van der Waals surface area contributed by atoms with E-state index in [-0.39, 0.29) is 12.4 Å². The summed E-state index contributed by atoms with van der Waals surface area (Å²) in [5.41, 5.74) is -1.52. The highest BCUT2D eigenvalue weighted by molar-refractivity contribution is 7.99. The van der Waals surface area contributed by atoms with Crippen LogP contribution in [0, 0.1) is 0 Å². The molecule has 0 aliphatic carbocycles. The van der Waals surface area contributed by atoms with Gasteiger partial charge in [-0.15, -0.1) is 0 Å². The highest BCUT2D eigenvalue weighted by Gasteiger charge is 2.44. The average molecular weight is 222 g/mol. The molecule has 1 heterocycles. The van der Waals surface area contributed by atoms with Gasteiger partial charge in [-0.25, -0.2) is 9.18 Å². The molecule has 1 aliphatic heterocycles. The molecule has 2 atom stereocenters. The molecule has 0 amide bonds. The largest absolute Gasteiger partial charge is 0.464 e. The van der Waals surface area contributed by atoms with Crippen molar-refractivity contribution in [3.63, 3.8) is 0 Å². The molecule has 5 heteroatoms. The van der Waals surface area contributed by atoms with Crippen LogP contribution in [0.1, 0.15) is 19.8 Å². The molecule has 1 N–H and O–H groups in total. The van der Waals surface area contributed by atoms with Gasteiger partial charge in [0.1, 0.15) is 5.60 Å². The maximum Gasteiger partial charge on any atom is 0.343 e. The predicted molar refractivity (Wildman–Crippen MR) is 53.0 cm³/mol. The molecule has 1 rings (SSSR count). The summed E-state index contributed by atoms with van der Waals surface area (Å²) < 4.78 is 18.1. The Morgan fingerprint density at radius 1 is 1.79 bits per heavy atom. The van der Waals surface area contributed by atoms with Crippen LogP contribution >= 0.6 is 11.8 Å². The Balaban J connectivity index is 2.56. The number of esters is 1. The minimum absolute atomic E-state index is 0.141. The topological polar surface area (TPSA) is 46.5 Å². The fraction of sp³-hybridized carbons (Fsp3) is 0.889. The summed E-state index contributed by atoms with van der Waals surface area (Å²) in [7, 11) is 0. The number of carbonyl (C=O) groups excluding carboxylic acids is 1. The van der Waals surface area contributed by atoms with E-state index in [9.17, 15) is 14.3 Å². The van der Waals surface area contributed by atoms with Gasteiger partial charge in [0.2, 0.25) is 6.17 Å². The van der Waals surface area contributed by atoms with Crippen LogP contribution in [-0.4, -0.2) is 41.0 Å². The minimum atomic E-state index is -1.91. The lowest BCUT2D eigenvalue weighted by Crippen LogP contribution is -2.48. The van der Waals surface area contributed by atoms with E-state index in [4.69, 9.17) is 0 Å². The summed E-state index contributed by atoms with van der Waals surface area (Å²) in [6.45, 7) is 1.76. The Hall–Kier alpha value is -0.290. The molecule has 0 saturated carbocycles. The van der Waals surface area contributed by atoms with Gasteiger partial charge in [-0.05, 0) is 25.5 Å². The van der Waals surface area contributed by atoms with E-state index >= 15 is 0 Å². The molecule has 1 fully saturated rings. The Labute approximate surface area is 87.0 Å². The van der Waals surface area contributed by atoms with Crippen LogP contribution in [0.5, 0.6) is 0 Å². The van der Waals surface area contributed by atoms with Crippen molar-refractivity contribution in [2.45, 2.75) is 31.5 Å². The van der Waals surface area contributed by atoms with E-state index in [2.05, 4.69) is 4.74 Å². The van der Waals surface area contributed by atoms with Crippen LogP contribution in [0.2, 0.25) is 0 Å². The summed E-state index contributed by atoms with van der Waals surface area (Å²) in [4.78, 5) is 11.1. The van der Waals surface area contributed by atoms with Crippen LogP contribution in [0.3, 0.4) is 0 Å². The van der Waals surface area contributed by atoms with E-state index in [1.165, 1.54) is 11.8 Å². The molecular formula is C9H15FO3S. The van der Waals surface area contributed by atoms with Crippen molar-refractivity contribution >= 4 is 17.7 Å². The maximum absolute atomic E-state index is 13.5. The van der Waals surface area contributed by atoms with Gasteiger partial charge in [-0.3, -0.25) is 0 Å². The summed E-state index contributed by atoms with van der Waals surface area (Å²) in [6.07, 6.45) is -0.837. The molecule has 0 aromatic heterocycles. The zero-order chi connectivity index (χ0) is 10.6. The first-order valence-corrected chi connectivity index (χ1v) is 5.86. The Kier molecular flexibility index (Phi) is 4.19. The maximum atomic E-state index is 13.5. The average Bonchev–Trinajstić information content (AvgIpc) is 2.18. The monoisotopic (exact) mass is 222 g/mol. The highest BCUT2D eigenvalue weighted by Crippen LogP contribution is 2.31. The lowest BCUT2D eigenvalue weighted by atomic mass is 9.94. The molecule has 3 nitrogen and oxygen atoms in total. The molecule has 2 unspecified atom stereocenters. The van der Waals surface area contributed by atoms with Gasteiger partial charge in [-0.1, -0.05) is 0 Å². The number of hydrogen-bond acceptors (Lipinski definition) is 4. The quantitative estimate of drug-likeness (QED) is 0.728. The van der Waals surface area contributed by atoms with Gasteiger partial charge in [0.25, 0.3) is 0 Å². The third-order valence-corrected chi connectivity index (χ3v) is 3.50. The molecule has 0 aromatic carbocycles. The first kappa shape index (κ1) is 11.8. The Morgan fingerprint density at radius 3 is 3.00 bits per heavy atom. The highest BCUT2D eigenvalue weighted by atomic mass is 32.2. The third kappa shape index (κ3) is 2.60. The fourth-order valence-corrected chi connectivity index (χ4v) is 2.57. The van der Waals surface area contributed by atoms with E-state index < -0.39 is 17.7 Å². The Bertz CT molecular complexity index is 204. The molecule has 0 aromatic rings. The smallest absolute Gasteiger partial charge is 0.343 e. The van der Waals surface area contributed by atoms with Crippen molar-refractivity contribution < 1.29 is 19.0 Å². The Morgan fingerprint density at radius 2 is 2.50 bits per heavy atom. The second kappa shape index (κ2) is 4.98. The van der Waals surface area contributed by atoms with Crippen molar-refractivity contribution in [2.24, 2.45) is 0 Å². The molecule has 0 radical (unpaired) electrons. The summed E-state index contributed by atoms with van der Waals surface area (Å²) in [5.74, 6) is 0.239. The van der Waals surface area contributed by atoms with E-state index in [0.29, 0.717) is 6.42 Å². The molecule has 0 bridgehead atoms. The van der Waals surface area contributed by atoms with Crippen molar-refractivity contribution in [1.82, 2.24) is 0 Å². The van der Waals surface area contributed by atoms with Crippen LogP contribution in [0.25, 0.3) is 0 Å². The number of thioether (sulfide) groups is 1. The van der Waals surface area contributed by atoms with Gasteiger partial charge < -0.3 is 9.84 Å². The number of alkyl halides is 1. The lowest BCUT2D eigenvalue weighted by Gasteiger charge is -2.32. The van der Waals surface area contributed by atoms with Gasteiger partial charge in [0.15, 0.2) is 0 Å². The van der Waals surface area contributed by atoms with E-state index in [0.717, 1.165) is 12.2 Å². The zero-order valence-corrected chi connectivity index (χ0v) is 8.98. The second-order valence-corrected chi connectivity index (χ2v) is 4.48. The molecule has 1 saturated heterocycles. The number of ether oxygens (including phenoxy) is 1. The van der Waals surface area contributed by atoms with Crippen LogP contribution in [0.15, 0.2) is 0 Å². The minimum Gasteiger partial charge on any atom is -0.464 e. The molecule has 1 aliphatic rings. The lowest BCUT2D eigenvalue weighted by molar-refractivity contribution is -0.159. The van der Waals surface area contributed by atoms with Crippen LogP contribution in [0.4, 0.5) is 4.39 Å². The first-order valence-electron chi connectivity index (χ1n) is 4.71. The fourth-order valence-electron chi connectivity index (χ4n) is 1.44. The molecular weight excluding hydrogens is 207 g/mol. The van der Waals surface area contributed by atoms with Crippen molar-refractivity contribution in [3.05, 3.63) is 0 Å². The number of carbonyl (C=O) groups is 1. The van der Waals surface area contributed by atoms with Crippen LogP contribution < -0.4 is 0 Å². The number of rotatable bonds is 3. The van der Waals surface area contributed by atoms with E-state index in [1.54, 1.807) is 6.92 Å². The molecule has 14 heavy (non-hydrogen) atoms. The normalized spacial score (nSPS) is 29.6. The summed E-state index contributed by atoms with van der Waals surface area (Å²) in [6, 6.07) is 0. The number of aliphatic hydroxyl groups is 1. The van der Waals surface area contributed by atoms with Crippen molar-refractivity contribution in [3.8, 4) is 0 Å². The summed E-state index contributed by atoms with van der Waals surface area (Å²) in [5, 5.41) is 9.84. The van der Waals surface area contributed by atoms with Gasteiger partial charge in [0.05, 0.1) is 6.61 Å². The predicted octanol–water partition coefficient (Wildman–Crippen LogP) is 1.15. The van der Waals surface area contributed by atoms with Gasteiger partial charge in [0, 0.05) is 5.75 Å². The SMILES string of the molecule is CCOC(=O)C(F)C1(O)CCCSC1. The number of halogens is 1. The van der Waals surface area contributed by atoms with Crippen molar-refractivity contribution in [2.75, 3.05) is 18.1 Å². The van der Waals surface area contributed by atoms with Crippen molar-refractivity contribution in [1.29, 1.82) is 0 Å². The molecule has 82 valence electrons. The van der Waals surface area contributed by atoms with E-state index in [1.807, 2.05) is 0 Å². The van der Waals surface area contributed by atoms with Gasteiger partial charge in [-0.2, -0.15) is 11.8 Å². The third-order valence-electron chi connectivity index (χ3n) is 2.22. The zero-order valence-electron chi connectivity index (χ0n) is 8.16.